The molecule has 0 radical (unpaired) electrons. The molecule has 1 N–H and O–H groups in total. The Hall–Kier alpha value is -3.60. The molecule has 0 fully saturated rings. The largest absolute Gasteiger partial charge is 0.488 e. The molecule has 0 unspecified atom stereocenters. The number of benzene rings is 2. The summed E-state index contributed by atoms with van der Waals surface area (Å²) in [7, 11) is 0. The van der Waals surface area contributed by atoms with Gasteiger partial charge in [-0.2, -0.15) is 0 Å². The lowest BCUT2D eigenvalue weighted by Gasteiger charge is -2.09. The number of aromatic nitrogens is 2. The number of amides is 1. The maximum atomic E-state index is 12.3. The third-order valence-electron chi connectivity index (χ3n) is 4.26. The summed E-state index contributed by atoms with van der Waals surface area (Å²) < 4.78 is 7.90. The minimum atomic E-state index is -0.123. The Kier molecular flexibility index (Phi) is 4.83. The van der Waals surface area contributed by atoms with Crippen molar-refractivity contribution < 1.29 is 9.53 Å². The fourth-order valence-corrected chi connectivity index (χ4v) is 2.97. The van der Waals surface area contributed by atoms with E-state index >= 15 is 0 Å². The van der Waals surface area contributed by atoms with Gasteiger partial charge in [0, 0.05) is 17.8 Å². The summed E-state index contributed by atoms with van der Waals surface area (Å²) in [6.07, 6.45) is 3.55. The van der Waals surface area contributed by atoms with E-state index in [-0.39, 0.29) is 12.5 Å². The fraction of sp³-hybridized carbons (Fsp3) is 0.0909. The van der Waals surface area contributed by atoms with Crippen LogP contribution in [0.5, 0.6) is 5.75 Å². The highest BCUT2D eigenvalue weighted by molar-refractivity contribution is 5.92. The highest BCUT2D eigenvalue weighted by Crippen LogP contribution is 2.27. The first-order valence-corrected chi connectivity index (χ1v) is 8.75. The van der Waals surface area contributed by atoms with Crippen LogP contribution in [0.1, 0.15) is 5.56 Å². The van der Waals surface area contributed by atoms with Crippen molar-refractivity contribution >= 4 is 22.6 Å². The molecule has 0 aliphatic rings. The van der Waals surface area contributed by atoms with E-state index in [1.165, 1.54) is 0 Å². The second-order valence-electron chi connectivity index (χ2n) is 6.17. The lowest BCUT2D eigenvalue weighted by atomic mass is 10.2. The topological polar surface area (TPSA) is 56.1 Å². The fourth-order valence-electron chi connectivity index (χ4n) is 2.97. The van der Waals surface area contributed by atoms with Gasteiger partial charge in [0.15, 0.2) is 0 Å². The number of hydrogen-bond acceptors (Lipinski definition) is 3. The van der Waals surface area contributed by atoms with Gasteiger partial charge in [-0.15, -0.1) is 0 Å². The van der Waals surface area contributed by atoms with Crippen LogP contribution in [0.15, 0.2) is 85.2 Å². The summed E-state index contributed by atoms with van der Waals surface area (Å²) in [5.41, 5.74) is 2.07. The first kappa shape index (κ1) is 16.8. The number of nitrogens with zero attached hydrogens (tertiary/aromatic N) is 2. The first-order valence-electron chi connectivity index (χ1n) is 8.75. The zero-order chi connectivity index (χ0) is 18.5. The van der Waals surface area contributed by atoms with Crippen molar-refractivity contribution in [2.45, 2.75) is 13.2 Å². The number of anilines is 1. The number of rotatable bonds is 6. The highest BCUT2D eigenvalue weighted by atomic mass is 16.5. The molecule has 4 aromatic rings. The van der Waals surface area contributed by atoms with Crippen LogP contribution in [0.25, 0.3) is 10.9 Å². The number of carbonyl (C=O) groups is 1. The third-order valence-corrected chi connectivity index (χ3v) is 4.26. The Morgan fingerprint density at radius 2 is 1.81 bits per heavy atom. The summed E-state index contributed by atoms with van der Waals surface area (Å²) in [4.78, 5) is 16.4. The Bertz CT molecular complexity index is 1040. The van der Waals surface area contributed by atoms with Gasteiger partial charge >= 0.3 is 0 Å². The van der Waals surface area contributed by atoms with E-state index in [1.54, 1.807) is 12.3 Å². The molecular formula is C22H19N3O2. The van der Waals surface area contributed by atoms with E-state index in [0.29, 0.717) is 12.4 Å². The second kappa shape index (κ2) is 7.74. The number of ether oxygens (including phenoxy) is 1. The minimum Gasteiger partial charge on any atom is -0.488 e. The predicted molar refractivity (Wildman–Crippen MR) is 106 cm³/mol. The van der Waals surface area contributed by atoms with E-state index in [1.807, 2.05) is 77.5 Å². The van der Waals surface area contributed by atoms with Gasteiger partial charge in [-0.3, -0.25) is 4.79 Å². The van der Waals surface area contributed by atoms with E-state index in [4.69, 9.17) is 4.74 Å². The molecule has 2 heterocycles. The zero-order valence-corrected chi connectivity index (χ0v) is 14.7. The van der Waals surface area contributed by atoms with Gasteiger partial charge in [0.1, 0.15) is 24.7 Å². The van der Waals surface area contributed by atoms with Gasteiger partial charge in [-0.05, 0) is 35.9 Å². The standard InChI is InChI=1S/C22H19N3O2/c26-22(24-21-11-4-5-13-23-21)15-25-14-12-18-19(25)9-6-10-20(18)27-16-17-7-2-1-3-8-17/h1-14H,15-16H2,(H,23,24,26). The number of pyridine rings is 1. The lowest BCUT2D eigenvalue weighted by Crippen LogP contribution is -2.18. The van der Waals surface area contributed by atoms with Crippen molar-refractivity contribution in [2.24, 2.45) is 0 Å². The zero-order valence-electron chi connectivity index (χ0n) is 14.7. The molecule has 4 rings (SSSR count). The van der Waals surface area contributed by atoms with Crippen LogP contribution in [0.4, 0.5) is 5.82 Å². The van der Waals surface area contributed by atoms with Crippen LogP contribution in [-0.4, -0.2) is 15.5 Å². The quantitative estimate of drug-likeness (QED) is 0.561. The molecule has 27 heavy (non-hydrogen) atoms. The second-order valence-corrected chi connectivity index (χ2v) is 6.17. The molecule has 0 saturated carbocycles. The van der Waals surface area contributed by atoms with Gasteiger partial charge in [-0.25, -0.2) is 4.98 Å². The number of fused-ring (bicyclic) bond motifs is 1. The summed E-state index contributed by atoms with van der Waals surface area (Å²) >= 11 is 0. The van der Waals surface area contributed by atoms with Gasteiger partial charge < -0.3 is 14.6 Å². The Balaban J connectivity index is 1.49. The van der Waals surface area contributed by atoms with Crippen molar-refractivity contribution in [2.75, 3.05) is 5.32 Å². The lowest BCUT2D eigenvalue weighted by molar-refractivity contribution is -0.116. The summed E-state index contributed by atoms with van der Waals surface area (Å²) in [5.74, 6) is 1.23. The van der Waals surface area contributed by atoms with Crippen LogP contribution in [0, 0.1) is 0 Å². The number of hydrogen-bond donors (Lipinski definition) is 1. The van der Waals surface area contributed by atoms with E-state index < -0.39 is 0 Å². The van der Waals surface area contributed by atoms with Crippen molar-refractivity contribution in [1.82, 2.24) is 9.55 Å². The van der Waals surface area contributed by atoms with E-state index in [2.05, 4.69) is 10.3 Å². The Morgan fingerprint density at radius 3 is 2.63 bits per heavy atom. The van der Waals surface area contributed by atoms with Gasteiger partial charge in [0.05, 0.1) is 5.52 Å². The smallest absolute Gasteiger partial charge is 0.245 e. The van der Waals surface area contributed by atoms with Crippen molar-refractivity contribution in [3.63, 3.8) is 0 Å². The van der Waals surface area contributed by atoms with Crippen LogP contribution < -0.4 is 10.1 Å². The number of nitrogens with one attached hydrogen (secondary N) is 1. The maximum absolute atomic E-state index is 12.3. The average Bonchev–Trinajstić information content (AvgIpc) is 3.11. The van der Waals surface area contributed by atoms with E-state index in [9.17, 15) is 4.79 Å². The molecule has 2 aromatic carbocycles. The molecule has 2 aromatic heterocycles. The summed E-state index contributed by atoms with van der Waals surface area (Å²) in [5, 5.41) is 3.79. The minimum absolute atomic E-state index is 0.123. The average molecular weight is 357 g/mol. The molecular weight excluding hydrogens is 338 g/mol. The van der Waals surface area contributed by atoms with Gasteiger partial charge in [0.2, 0.25) is 5.91 Å². The molecule has 0 atom stereocenters. The molecule has 1 amide bonds. The van der Waals surface area contributed by atoms with Crippen LogP contribution in [-0.2, 0) is 17.9 Å². The van der Waals surface area contributed by atoms with Crippen LogP contribution >= 0.6 is 0 Å². The molecule has 5 nitrogen and oxygen atoms in total. The van der Waals surface area contributed by atoms with Gasteiger partial charge in [0.25, 0.3) is 0 Å². The first-order chi connectivity index (χ1) is 13.3. The Morgan fingerprint density at radius 1 is 0.963 bits per heavy atom. The number of carbonyl (C=O) groups excluding carboxylic acids is 1. The molecule has 0 saturated heterocycles. The van der Waals surface area contributed by atoms with E-state index in [0.717, 1.165) is 22.2 Å². The van der Waals surface area contributed by atoms with Crippen molar-refractivity contribution in [1.29, 1.82) is 0 Å². The third kappa shape index (κ3) is 3.98. The van der Waals surface area contributed by atoms with Crippen molar-refractivity contribution in [3.8, 4) is 5.75 Å². The van der Waals surface area contributed by atoms with Crippen LogP contribution in [0.3, 0.4) is 0 Å². The molecule has 0 bridgehead atoms. The van der Waals surface area contributed by atoms with Gasteiger partial charge in [-0.1, -0.05) is 42.5 Å². The molecule has 134 valence electrons. The normalized spacial score (nSPS) is 10.7. The molecule has 0 aliphatic heterocycles. The van der Waals surface area contributed by atoms with Crippen molar-refractivity contribution in [3.05, 3.63) is 90.8 Å². The van der Waals surface area contributed by atoms with Crippen LogP contribution in [0.2, 0.25) is 0 Å². The summed E-state index contributed by atoms with van der Waals surface area (Å²) in [6.45, 7) is 0.716. The highest BCUT2D eigenvalue weighted by Gasteiger charge is 2.10. The predicted octanol–water partition coefficient (Wildman–Crippen LogP) is 4.25. The molecule has 0 aliphatic carbocycles. The SMILES string of the molecule is O=C(Cn1ccc2c(OCc3ccccc3)cccc21)Nc1ccccn1. The summed E-state index contributed by atoms with van der Waals surface area (Å²) in [6, 6.07) is 23.3. The monoisotopic (exact) mass is 357 g/mol. The maximum Gasteiger partial charge on any atom is 0.245 e. The Labute approximate surface area is 157 Å². The molecule has 5 heteroatoms. The molecule has 0 spiro atoms.